The third-order valence-corrected chi connectivity index (χ3v) is 7.56. The van der Waals surface area contributed by atoms with Crippen molar-refractivity contribution >= 4 is 22.4 Å². The van der Waals surface area contributed by atoms with E-state index in [1.165, 1.54) is 30.6 Å². The largest absolute Gasteiger partial charge is 0.497 e. The molecule has 0 aliphatic heterocycles. The van der Waals surface area contributed by atoms with Gasteiger partial charge in [0.05, 0.1) is 12.5 Å². The van der Waals surface area contributed by atoms with Gasteiger partial charge in [-0.15, -0.1) is 10.2 Å². The summed E-state index contributed by atoms with van der Waals surface area (Å²) >= 11 is 1.48. The molecule has 1 amide bonds. The molecular formula is C21H25N3O2S. The van der Waals surface area contributed by atoms with Gasteiger partial charge in [0.25, 0.3) is 0 Å². The van der Waals surface area contributed by atoms with E-state index >= 15 is 0 Å². The van der Waals surface area contributed by atoms with Crippen molar-refractivity contribution < 1.29 is 9.53 Å². The van der Waals surface area contributed by atoms with Crippen LogP contribution in [-0.4, -0.2) is 23.2 Å². The number of ether oxygens (including phenoxy) is 1. The van der Waals surface area contributed by atoms with E-state index in [-0.39, 0.29) is 11.3 Å². The number of hydrogen-bond donors (Lipinski definition) is 1. The molecule has 1 aromatic heterocycles. The average Bonchev–Trinajstić information content (AvgIpc) is 3.08. The van der Waals surface area contributed by atoms with E-state index in [1.54, 1.807) is 7.11 Å². The number of amides is 1. The molecule has 4 fully saturated rings. The Labute approximate surface area is 163 Å². The average molecular weight is 384 g/mol. The molecule has 4 bridgehead atoms. The van der Waals surface area contributed by atoms with E-state index in [4.69, 9.17) is 4.74 Å². The molecule has 142 valence electrons. The van der Waals surface area contributed by atoms with E-state index in [0.29, 0.717) is 5.13 Å². The highest BCUT2D eigenvalue weighted by Crippen LogP contribution is 2.60. The smallest absolute Gasteiger partial charge is 0.232 e. The van der Waals surface area contributed by atoms with Gasteiger partial charge in [-0.1, -0.05) is 23.5 Å². The van der Waals surface area contributed by atoms with Gasteiger partial charge in [-0.2, -0.15) is 0 Å². The van der Waals surface area contributed by atoms with Crippen LogP contribution < -0.4 is 10.1 Å². The number of aromatic nitrogens is 2. The quantitative estimate of drug-likeness (QED) is 0.836. The van der Waals surface area contributed by atoms with Crippen molar-refractivity contribution in [3.05, 3.63) is 34.8 Å². The number of rotatable bonds is 5. The third kappa shape index (κ3) is 3.24. The molecule has 6 heteroatoms. The Morgan fingerprint density at radius 3 is 2.33 bits per heavy atom. The fourth-order valence-electron chi connectivity index (χ4n) is 5.91. The fraction of sp³-hybridized carbons (Fsp3) is 0.571. The summed E-state index contributed by atoms with van der Waals surface area (Å²) in [6.45, 7) is 0. The SMILES string of the molecule is COc1ccc(Cc2nnc(NC(=O)C34CC5CC(CC(C5)C3)C4)s2)cc1. The molecule has 0 atom stereocenters. The van der Waals surface area contributed by atoms with Gasteiger partial charge in [0, 0.05) is 6.42 Å². The molecule has 4 aliphatic carbocycles. The minimum Gasteiger partial charge on any atom is -0.497 e. The number of carbonyl (C=O) groups excluding carboxylic acids is 1. The molecular weight excluding hydrogens is 358 g/mol. The van der Waals surface area contributed by atoms with Crippen LogP contribution in [0.1, 0.15) is 49.1 Å². The maximum Gasteiger partial charge on any atom is 0.232 e. The first-order chi connectivity index (χ1) is 13.1. The number of anilines is 1. The summed E-state index contributed by atoms with van der Waals surface area (Å²) in [6.07, 6.45) is 7.97. The molecule has 0 saturated heterocycles. The lowest BCUT2D eigenvalue weighted by atomic mass is 9.49. The first-order valence-electron chi connectivity index (χ1n) is 9.89. The van der Waals surface area contributed by atoms with Gasteiger partial charge in [-0.3, -0.25) is 4.79 Å². The second kappa shape index (κ2) is 6.59. The van der Waals surface area contributed by atoms with E-state index in [0.717, 1.165) is 59.8 Å². The first kappa shape index (κ1) is 17.2. The summed E-state index contributed by atoms with van der Waals surface area (Å²) in [5.74, 6) is 3.33. The van der Waals surface area contributed by atoms with Crippen LogP contribution >= 0.6 is 11.3 Å². The summed E-state index contributed by atoms with van der Waals surface area (Å²) < 4.78 is 5.19. The minimum atomic E-state index is -0.142. The molecule has 2 aromatic rings. The van der Waals surface area contributed by atoms with Crippen LogP contribution in [0.2, 0.25) is 0 Å². The number of hydrogen-bond acceptors (Lipinski definition) is 5. The second-order valence-corrected chi connectivity index (χ2v) is 9.74. The zero-order chi connectivity index (χ0) is 18.4. The van der Waals surface area contributed by atoms with Crippen LogP contribution in [0.4, 0.5) is 5.13 Å². The standard InChI is InChI=1S/C21H25N3O2S/c1-26-17-4-2-13(3-5-17)9-18-23-24-20(27-18)22-19(25)21-10-14-6-15(11-21)8-16(7-14)12-21/h2-5,14-16H,6-12H2,1H3,(H,22,24,25). The number of methoxy groups -OCH3 is 1. The topological polar surface area (TPSA) is 64.1 Å². The van der Waals surface area contributed by atoms with E-state index in [2.05, 4.69) is 15.5 Å². The van der Waals surface area contributed by atoms with Crippen LogP contribution in [0.25, 0.3) is 0 Å². The second-order valence-electron chi connectivity index (χ2n) is 8.68. The molecule has 5 nitrogen and oxygen atoms in total. The summed E-state index contributed by atoms with van der Waals surface area (Å²) in [5, 5.41) is 13.2. The zero-order valence-electron chi connectivity index (χ0n) is 15.6. The van der Waals surface area contributed by atoms with E-state index in [1.807, 2.05) is 24.3 Å². The van der Waals surface area contributed by atoms with Crippen molar-refractivity contribution in [2.45, 2.75) is 44.9 Å². The van der Waals surface area contributed by atoms with Gasteiger partial charge in [-0.25, -0.2) is 0 Å². The molecule has 6 rings (SSSR count). The summed E-state index contributed by atoms with van der Waals surface area (Å²) in [6, 6.07) is 7.97. The Kier molecular flexibility index (Phi) is 4.19. The van der Waals surface area contributed by atoms with Crippen molar-refractivity contribution in [2.24, 2.45) is 23.2 Å². The minimum absolute atomic E-state index is 0.142. The summed E-state index contributed by atoms with van der Waals surface area (Å²) in [7, 11) is 1.67. The van der Waals surface area contributed by atoms with Gasteiger partial charge in [-0.05, 0) is 74.0 Å². The monoisotopic (exact) mass is 383 g/mol. The van der Waals surface area contributed by atoms with Gasteiger partial charge in [0.2, 0.25) is 11.0 Å². The molecule has 0 spiro atoms. The maximum atomic E-state index is 13.1. The lowest BCUT2D eigenvalue weighted by molar-refractivity contribution is -0.140. The van der Waals surface area contributed by atoms with Crippen LogP contribution in [0.5, 0.6) is 5.75 Å². The number of carbonyl (C=O) groups is 1. The van der Waals surface area contributed by atoms with Crippen molar-refractivity contribution in [1.82, 2.24) is 10.2 Å². The van der Waals surface area contributed by atoms with Crippen LogP contribution in [0.15, 0.2) is 24.3 Å². The molecule has 4 aliphatic rings. The number of nitrogens with one attached hydrogen (secondary N) is 1. The Morgan fingerprint density at radius 2 is 1.74 bits per heavy atom. The Bertz CT molecular complexity index is 810. The van der Waals surface area contributed by atoms with Crippen molar-refractivity contribution in [1.29, 1.82) is 0 Å². The normalized spacial score (nSPS) is 31.1. The van der Waals surface area contributed by atoms with Gasteiger partial charge < -0.3 is 10.1 Å². The molecule has 1 N–H and O–H groups in total. The van der Waals surface area contributed by atoms with Crippen LogP contribution in [0, 0.1) is 23.2 Å². The zero-order valence-corrected chi connectivity index (χ0v) is 16.4. The van der Waals surface area contributed by atoms with Crippen LogP contribution in [0.3, 0.4) is 0 Å². The number of benzene rings is 1. The summed E-state index contributed by atoms with van der Waals surface area (Å²) in [4.78, 5) is 13.1. The molecule has 0 unspecified atom stereocenters. The molecule has 1 aromatic carbocycles. The number of nitrogens with zero attached hydrogens (tertiary/aromatic N) is 2. The highest BCUT2D eigenvalue weighted by atomic mass is 32.1. The predicted octanol–water partition coefficient (Wildman–Crippen LogP) is 4.29. The predicted molar refractivity (Wildman–Crippen MR) is 105 cm³/mol. The van der Waals surface area contributed by atoms with Crippen molar-refractivity contribution in [3.63, 3.8) is 0 Å². The first-order valence-corrected chi connectivity index (χ1v) is 10.7. The van der Waals surface area contributed by atoms with Crippen molar-refractivity contribution in [2.75, 3.05) is 12.4 Å². The lowest BCUT2D eigenvalue weighted by Crippen LogP contribution is -2.51. The molecule has 1 heterocycles. The Morgan fingerprint density at radius 1 is 1.11 bits per heavy atom. The fourth-order valence-corrected chi connectivity index (χ4v) is 6.68. The molecule has 0 radical (unpaired) electrons. The van der Waals surface area contributed by atoms with Gasteiger partial charge in [0.15, 0.2) is 0 Å². The van der Waals surface area contributed by atoms with Gasteiger partial charge >= 0.3 is 0 Å². The third-order valence-electron chi connectivity index (χ3n) is 6.72. The van der Waals surface area contributed by atoms with Crippen LogP contribution in [-0.2, 0) is 11.2 Å². The van der Waals surface area contributed by atoms with E-state index < -0.39 is 0 Å². The highest BCUT2D eigenvalue weighted by molar-refractivity contribution is 7.15. The highest BCUT2D eigenvalue weighted by Gasteiger charge is 2.54. The Balaban J connectivity index is 1.26. The molecule has 4 saturated carbocycles. The van der Waals surface area contributed by atoms with Crippen molar-refractivity contribution in [3.8, 4) is 5.75 Å². The van der Waals surface area contributed by atoms with E-state index in [9.17, 15) is 4.79 Å². The van der Waals surface area contributed by atoms with Gasteiger partial charge in [0.1, 0.15) is 10.8 Å². The maximum absolute atomic E-state index is 13.1. The Hall–Kier alpha value is -1.95. The summed E-state index contributed by atoms with van der Waals surface area (Å²) in [5.41, 5.74) is 1.02. The lowest BCUT2D eigenvalue weighted by Gasteiger charge is -2.55. The molecule has 27 heavy (non-hydrogen) atoms.